The first-order valence-electron chi connectivity index (χ1n) is 4.76. The van der Waals surface area contributed by atoms with Gasteiger partial charge in [-0.25, -0.2) is 4.79 Å². The minimum absolute atomic E-state index is 0.207. The second-order valence-corrected chi connectivity index (χ2v) is 3.03. The molecule has 0 fully saturated rings. The minimum Gasteiger partial charge on any atom is -0.466 e. The van der Waals surface area contributed by atoms with Gasteiger partial charge in [0.1, 0.15) is 0 Å². The number of rotatable bonds is 4. The third kappa shape index (κ3) is 2.95. The zero-order valence-electron chi connectivity index (χ0n) is 9.19. The fourth-order valence-electron chi connectivity index (χ4n) is 1.17. The summed E-state index contributed by atoms with van der Waals surface area (Å²) in [6.07, 6.45) is 1.13. The number of carbonyl (C=O) groups is 2. The molecule has 0 atom stereocenters. The highest BCUT2D eigenvalue weighted by Gasteiger charge is 2.11. The van der Waals surface area contributed by atoms with Crippen LogP contribution in [-0.4, -0.2) is 25.9 Å². The molecule has 0 amide bonds. The Morgan fingerprint density at radius 3 is 2.38 bits per heavy atom. The lowest BCUT2D eigenvalue weighted by atomic mass is 10.1. The Bertz CT molecular complexity index is 410. The predicted octanol–water partition coefficient (Wildman–Crippen LogP) is 1.15. The molecule has 0 aliphatic rings. The van der Waals surface area contributed by atoms with Crippen LogP contribution in [0.5, 0.6) is 0 Å². The Labute approximate surface area is 93.9 Å². The molecule has 4 nitrogen and oxygen atoms in total. The fourth-order valence-corrected chi connectivity index (χ4v) is 1.17. The maximum Gasteiger partial charge on any atom is 0.332 e. The highest BCUT2D eigenvalue weighted by atomic mass is 16.5. The van der Waals surface area contributed by atoms with Crippen LogP contribution in [0.25, 0.3) is 0 Å². The number of esters is 1. The van der Waals surface area contributed by atoms with E-state index < -0.39 is 5.97 Å². The van der Waals surface area contributed by atoms with Crippen molar-refractivity contribution >= 4 is 11.8 Å². The first-order valence-corrected chi connectivity index (χ1v) is 4.76. The van der Waals surface area contributed by atoms with Gasteiger partial charge in [-0.05, 0) is 0 Å². The molecule has 0 saturated carbocycles. The standard InChI is InChI=1S/C12H13NO3/c1-13-10(8-11(14)16-2)12(15)9-6-4-3-5-7-9/h3-8,13H,1-2H3/b10-8-. The van der Waals surface area contributed by atoms with Crippen molar-refractivity contribution in [1.82, 2.24) is 5.32 Å². The smallest absolute Gasteiger partial charge is 0.332 e. The summed E-state index contributed by atoms with van der Waals surface area (Å²) in [6, 6.07) is 8.72. The number of ketones is 1. The van der Waals surface area contributed by atoms with Crippen molar-refractivity contribution in [3.05, 3.63) is 47.7 Å². The summed E-state index contributed by atoms with van der Waals surface area (Å²) in [5, 5.41) is 2.68. The van der Waals surface area contributed by atoms with E-state index in [0.717, 1.165) is 6.08 Å². The minimum atomic E-state index is -0.561. The Hall–Kier alpha value is -2.10. The average molecular weight is 219 g/mol. The Morgan fingerprint density at radius 1 is 1.25 bits per heavy atom. The summed E-state index contributed by atoms with van der Waals surface area (Å²) < 4.78 is 4.46. The van der Waals surface area contributed by atoms with Crippen molar-refractivity contribution in [2.75, 3.05) is 14.2 Å². The number of ether oxygens (including phenoxy) is 1. The molecule has 16 heavy (non-hydrogen) atoms. The van der Waals surface area contributed by atoms with E-state index in [1.165, 1.54) is 7.11 Å². The van der Waals surface area contributed by atoms with E-state index in [0.29, 0.717) is 5.56 Å². The summed E-state index contributed by atoms with van der Waals surface area (Å²) in [6.45, 7) is 0. The number of benzene rings is 1. The fraction of sp³-hybridized carbons (Fsp3) is 0.167. The number of allylic oxidation sites excluding steroid dienone is 1. The van der Waals surface area contributed by atoms with Gasteiger partial charge in [0.05, 0.1) is 18.9 Å². The number of likely N-dealkylation sites (N-methyl/N-ethyl adjacent to an activating group) is 1. The van der Waals surface area contributed by atoms with Crippen LogP contribution in [0.15, 0.2) is 42.1 Å². The third-order valence-electron chi connectivity index (χ3n) is 2.01. The number of hydrogen-bond donors (Lipinski definition) is 1. The van der Waals surface area contributed by atoms with E-state index in [9.17, 15) is 9.59 Å². The van der Waals surface area contributed by atoms with Crippen molar-refractivity contribution in [3.63, 3.8) is 0 Å². The predicted molar refractivity (Wildman–Crippen MR) is 59.9 cm³/mol. The molecule has 4 heteroatoms. The average Bonchev–Trinajstić information content (AvgIpc) is 2.35. The Morgan fingerprint density at radius 2 is 1.88 bits per heavy atom. The van der Waals surface area contributed by atoms with Crippen LogP contribution in [0.4, 0.5) is 0 Å². The molecule has 0 aliphatic heterocycles. The van der Waals surface area contributed by atoms with Gasteiger partial charge in [-0.15, -0.1) is 0 Å². The summed E-state index contributed by atoms with van der Waals surface area (Å²) >= 11 is 0. The first-order chi connectivity index (χ1) is 7.69. The summed E-state index contributed by atoms with van der Waals surface area (Å²) in [7, 11) is 2.84. The topological polar surface area (TPSA) is 55.4 Å². The monoisotopic (exact) mass is 219 g/mol. The SMILES string of the molecule is CN/C(=C\C(=O)OC)C(=O)c1ccccc1. The third-order valence-corrected chi connectivity index (χ3v) is 2.01. The highest BCUT2D eigenvalue weighted by molar-refractivity contribution is 6.10. The number of nitrogens with one attached hydrogen (secondary N) is 1. The molecular formula is C12H13NO3. The summed E-state index contributed by atoms with van der Waals surface area (Å²) in [5.41, 5.74) is 0.727. The van der Waals surface area contributed by atoms with Crippen LogP contribution < -0.4 is 5.32 Å². The van der Waals surface area contributed by atoms with Gasteiger partial charge in [0.15, 0.2) is 0 Å². The summed E-state index contributed by atoms with van der Waals surface area (Å²) in [5.74, 6) is -0.804. The molecule has 0 aromatic heterocycles. The Balaban J connectivity index is 2.95. The van der Waals surface area contributed by atoms with E-state index in [-0.39, 0.29) is 11.5 Å². The molecule has 0 bridgehead atoms. The van der Waals surface area contributed by atoms with Gasteiger partial charge in [-0.1, -0.05) is 30.3 Å². The van der Waals surface area contributed by atoms with Crippen molar-refractivity contribution in [3.8, 4) is 0 Å². The molecule has 0 radical (unpaired) electrons. The molecule has 1 aromatic carbocycles. The molecule has 0 saturated heterocycles. The molecule has 0 heterocycles. The number of carbonyl (C=O) groups excluding carboxylic acids is 2. The molecule has 0 unspecified atom stereocenters. The highest BCUT2D eigenvalue weighted by Crippen LogP contribution is 2.05. The van der Waals surface area contributed by atoms with Gasteiger partial charge in [-0.2, -0.15) is 0 Å². The lowest BCUT2D eigenvalue weighted by Crippen LogP contribution is -2.18. The second-order valence-electron chi connectivity index (χ2n) is 3.03. The van der Waals surface area contributed by atoms with E-state index in [2.05, 4.69) is 10.1 Å². The van der Waals surface area contributed by atoms with E-state index >= 15 is 0 Å². The quantitative estimate of drug-likeness (QED) is 0.469. The lowest BCUT2D eigenvalue weighted by molar-refractivity contribution is -0.134. The lowest BCUT2D eigenvalue weighted by Gasteiger charge is -2.05. The van der Waals surface area contributed by atoms with Gasteiger partial charge >= 0.3 is 5.97 Å². The van der Waals surface area contributed by atoms with E-state index in [4.69, 9.17) is 0 Å². The van der Waals surface area contributed by atoms with Gasteiger partial charge < -0.3 is 10.1 Å². The maximum atomic E-state index is 11.9. The van der Waals surface area contributed by atoms with Crippen molar-refractivity contribution in [2.24, 2.45) is 0 Å². The zero-order valence-corrected chi connectivity index (χ0v) is 9.19. The van der Waals surface area contributed by atoms with Crippen LogP contribution >= 0.6 is 0 Å². The molecule has 1 N–H and O–H groups in total. The van der Waals surface area contributed by atoms with Gasteiger partial charge in [0, 0.05) is 12.6 Å². The molecule has 84 valence electrons. The molecule has 1 aromatic rings. The molecule has 0 aliphatic carbocycles. The number of hydrogen-bond acceptors (Lipinski definition) is 4. The Kier molecular flexibility index (Phi) is 4.27. The zero-order chi connectivity index (χ0) is 12.0. The van der Waals surface area contributed by atoms with E-state index in [1.807, 2.05) is 6.07 Å². The van der Waals surface area contributed by atoms with Crippen molar-refractivity contribution < 1.29 is 14.3 Å². The number of Topliss-reactive ketones (excluding diaryl/α,β-unsaturated/α-hetero) is 1. The van der Waals surface area contributed by atoms with Crippen molar-refractivity contribution in [2.45, 2.75) is 0 Å². The van der Waals surface area contributed by atoms with E-state index in [1.54, 1.807) is 31.3 Å². The van der Waals surface area contributed by atoms with Gasteiger partial charge in [0.25, 0.3) is 0 Å². The second kappa shape index (κ2) is 5.70. The van der Waals surface area contributed by atoms with Gasteiger partial charge in [-0.3, -0.25) is 4.79 Å². The molecular weight excluding hydrogens is 206 g/mol. The van der Waals surface area contributed by atoms with Crippen LogP contribution in [0, 0.1) is 0 Å². The number of methoxy groups -OCH3 is 1. The molecule has 0 spiro atoms. The largest absolute Gasteiger partial charge is 0.466 e. The van der Waals surface area contributed by atoms with Crippen LogP contribution in [0.1, 0.15) is 10.4 Å². The van der Waals surface area contributed by atoms with Crippen LogP contribution in [-0.2, 0) is 9.53 Å². The van der Waals surface area contributed by atoms with Crippen LogP contribution in [0.3, 0.4) is 0 Å². The maximum absolute atomic E-state index is 11.9. The van der Waals surface area contributed by atoms with Crippen molar-refractivity contribution in [1.29, 1.82) is 0 Å². The van der Waals surface area contributed by atoms with Gasteiger partial charge in [0.2, 0.25) is 5.78 Å². The summed E-state index contributed by atoms with van der Waals surface area (Å²) in [4.78, 5) is 22.9. The molecule has 1 rings (SSSR count). The van der Waals surface area contributed by atoms with Crippen LogP contribution in [0.2, 0.25) is 0 Å². The first kappa shape index (κ1) is 12.0. The normalized spacial score (nSPS) is 10.8.